The van der Waals surface area contributed by atoms with E-state index in [0.29, 0.717) is 6.54 Å². The Hall–Kier alpha value is -2.11. The summed E-state index contributed by atoms with van der Waals surface area (Å²) < 4.78 is 0. The third-order valence-corrected chi connectivity index (χ3v) is 3.55. The Morgan fingerprint density at radius 3 is 2.76 bits per heavy atom. The van der Waals surface area contributed by atoms with Gasteiger partial charge in [0.2, 0.25) is 0 Å². The number of rotatable bonds is 8. The monoisotopic (exact) mass is 291 g/mol. The zero-order valence-corrected chi connectivity index (χ0v) is 12.2. The number of amides is 1. The largest absolute Gasteiger partial charge is 0.385 e. The van der Waals surface area contributed by atoms with Crippen LogP contribution in [0.5, 0.6) is 0 Å². The van der Waals surface area contributed by atoms with E-state index < -0.39 is 4.92 Å². The van der Waals surface area contributed by atoms with Crippen molar-refractivity contribution in [3.05, 3.63) is 33.9 Å². The maximum atomic E-state index is 12.2. The predicted octanol–water partition coefficient (Wildman–Crippen LogP) is 2.95. The van der Waals surface area contributed by atoms with Crippen LogP contribution in [0.25, 0.3) is 0 Å². The first-order valence-electron chi connectivity index (χ1n) is 7.42. The molecule has 1 aromatic rings. The highest BCUT2D eigenvalue weighted by molar-refractivity contribution is 5.99. The first kappa shape index (κ1) is 15.3. The van der Waals surface area contributed by atoms with Crippen LogP contribution in [0.15, 0.2) is 18.2 Å². The molecule has 21 heavy (non-hydrogen) atoms. The molecule has 1 aliphatic rings. The maximum absolute atomic E-state index is 12.2. The molecule has 2 N–H and O–H groups in total. The molecule has 0 saturated heterocycles. The second-order valence-corrected chi connectivity index (χ2v) is 5.40. The van der Waals surface area contributed by atoms with Crippen molar-refractivity contribution in [2.75, 3.05) is 18.4 Å². The molecule has 1 saturated carbocycles. The molecule has 1 aromatic carbocycles. The van der Waals surface area contributed by atoms with E-state index in [1.165, 1.54) is 18.9 Å². The summed E-state index contributed by atoms with van der Waals surface area (Å²) in [6.07, 6.45) is 4.35. The van der Waals surface area contributed by atoms with Gasteiger partial charge in [-0.3, -0.25) is 14.9 Å². The van der Waals surface area contributed by atoms with Crippen molar-refractivity contribution in [2.24, 2.45) is 5.92 Å². The van der Waals surface area contributed by atoms with Crippen molar-refractivity contribution >= 4 is 17.3 Å². The number of carbonyl (C=O) groups excluding carboxylic acids is 1. The van der Waals surface area contributed by atoms with Gasteiger partial charge < -0.3 is 10.6 Å². The van der Waals surface area contributed by atoms with E-state index >= 15 is 0 Å². The van der Waals surface area contributed by atoms with E-state index in [1.807, 2.05) is 6.92 Å². The molecule has 1 aliphatic carbocycles. The molecule has 2 rings (SSSR count). The zero-order chi connectivity index (χ0) is 15.2. The van der Waals surface area contributed by atoms with E-state index in [1.54, 1.807) is 12.1 Å². The normalized spacial score (nSPS) is 13.8. The average Bonchev–Trinajstić information content (AvgIpc) is 3.28. The first-order valence-corrected chi connectivity index (χ1v) is 7.42. The van der Waals surface area contributed by atoms with Crippen molar-refractivity contribution < 1.29 is 9.72 Å². The Morgan fingerprint density at radius 2 is 2.14 bits per heavy atom. The van der Waals surface area contributed by atoms with Gasteiger partial charge in [-0.1, -0.05) is 19.8 Å². The summed E-state index contributed by atoms with van der Waals surface area (Å²) in [6, 6.07) is 4.57. The Morgan fingerprint density at radius 1 is 1.38 bits per heavy atom. The highest BCUT2D eigenvalue weighted by Crippen LogP contribution is 2.31. The van der Waals surface area contributed by atoms with Gasteiger partial charge >= 0.3 is 0 Å². The van der Waals surface area contributed by atoms with Crippen LogP contribution in [-0.4, -0.2) is 23.9 Å². The van der Waals surface area contributed by atoms with Crippen molar-refractivity contribution in [3.63, 3.8) is 0 Å². The Balaban J connectivity index is 2.07. The van der Waals surface area contributed by atoms with Gasteiger partial charge in [0.05, 0.1) is 4.92 Å². The summed E-state index contributed by atoms with van der Waals surface area (Å²) in [5.41, 5.74) is 0.702. The number of nitro groups is 1. The third kappa shape index (κ3) is 4.44. The van der Waals surface area contributed by atoms with Crippen LogP contribution >= 0.6 is 0 Å². The van der Waals surface area contributed by atoms with Crippen molar-refractivity contribution in [1.82, 2.24) is 5.32 Å². The molecular weight excluding hydrogens is 270 g/mol. The highest BCUT2D eigenvalue weighted by Gasteiger charge is 2.23. The molecule has 6 heteroatoms. The SMILES string of the molecule is CCCNc1ccc([N+](=O)[O-])c(C(=O)NCCC2CC2)c1. The molecular formula is C15H21N3O3. The maximum Gasteiger partial charge on any atom is 0.282 e. The van der Waals surface area contributed by atoms with Crippen LogP contribution in [0.2, 0.25) is 0 Å². The quantitative estimate of drug-likeness (QED) is 0.569. The summed E-state index contributed by atoms with van der Waals surface area (Å²) in [7, 11) is 0. The lowest BCUT2D eigenvalue weighted by molar-refractivity contribution is -0.385. The number of nitrogens with zero attached hydrogens (tertiary/aromatic N) is 1. The number of nitro benzene ring substituents is 1. The fourth-order valence-electron chi connectivity index (χ4n) is 2.15. The number of nitrogens with one attached hydrogen (secondary N) is 2. The number of anilines is 1. The van der Waals surface area contributed by atoms with Crippen LogP contribution in [0.3, 0.4) is 0 Å². The molecule has 114 valence electrons. The summed E-state index contributed by atoms with van der Waals surface area (Å²) in [6.45, 7) is 3.37. The molecule has 6 nitrogen and oxygen atoms in total. The van der Waals surface area contributed by atoms with E-state index in [-0.39, 0.29) is 17.2 Å². The minimum absolute atomic E-state index is 0.122. The third-order valence-electron chi connectivity index (χ3n) is 3.55. The highest BCUT2D eigenvalue weighted by atomic mass is 16.6. The number of hydrogen-bond acceptors (Lipinski definition) is 4. The minimum Gasteiger partial charge on any atom is -0.385 e. The predicted molar refractivity (Wildman–Crippen MR) is 81.6 cm³/mol. The zero-order valence-electron chi connectivity index (χ0n) is 12.2. The Bertz CT molecular complexity index is 527. The van der Waals surface area contributed by atoms with E-state index in [4.69, 9.17) is 0 Å². The van der Waals surface area contributed by atoms with E-state index in [0.717, 1.165) is 31.0 Å². The number of carbonyl (C=O) groups is 1. The lowest BCUT2D eigenvalue weighted by Crippen LogP contribution is -2.25. The van der Waals surface area contributed by atoms with Crippen LogP contribution in [0.1, 0.15) is 43.0 Å². The topological polar surface area (TPSA) is 84.3 Å². The Kier molecular flexibility index (Phi) is 5.14. The van der Waals surface area contributed by atoms with Gasteiger partial charge in [-0.2, -0.15) is 0 Å². The number of hydrogen-bond donors (Lipinski definition) is 2. The second kappa shape index (κ2) is 7.06. The lowest BCUT2D eigenvalue weighted by Gasteiger charge is -2.09. The average molecular weight is 291 g/mol. The smallest absolute Gasteiger partial charge is 0.282 e. The first-order chi connectivity index (χ1) is 10.1. The van der Waals surface area contributed by atoms with Crippen LogP contribution in [0.4, 0.5) is 11.4 Å². The molecule has 0 heterocycles. The van der Waals surface area contributed by atoms with Crippen molar-refractivity contribution in [2.45, 2.75) is 32.6 Å². The van der Waals surface area contributed by atoms with Gasteiger partial charge in [-0.15, -0.1) is 0 Å². The molecule has 0 bridgehead atoms. The lowest BCUT2D eigenvalue weighted by atomic mass is 10.1. The molecule has 0 atom stereocenters. The Labute approximate surface area is 124 Å². The van der Waals surface area contributed by atoms with Crippen LogP contribution in [-0.2, 0) is 0 Å². The van der Waals surface area contributed by atoms with Crippen LogP contribution in [0, 0.1) is 16.0 Å². The van der Waals surface area contributed by atoms with Gasteiger partial charge in [0.1, 0.15) is 5.56 Å². The molecule has 0 aliphatic heterocycles. The van der Waals surface area contributed by atoms with Gasteiger partial charge in [-0.25, -0.2) is 0 Å². The molecule has 0 spiro atoms. The van der Waals surface area contributed by atoms with Crippen molar-refractivity contribution in [3.8, 4) is 0 Å². The van der Waals surface area contributed by atoms with Gasteiger partial charge in [0.25, 0.3) is 11.6 Å². The molecule has 0 aromatic heterocycles. The van der Waals surface area contributed by atoms with E-state index in [9.17, 15) is 14.9 Å². The molecule has 0 unspecified atom stereocenters. The molecule has 0 radical (unpaired) electrons. The molecule has 1 amide bonds. The van der Waals surface area contributed by atoms with Crippen molar-refractivity contribution in [1.29, 1.82) is 0 Å². The van der Waals surface area contributed by atoms with Gasteiger partial charge in [0.15, 0.2) is 0 Å². The summed E-state index contributed by atoms with van der Waals surface area (Å²) >= 11 is 0. The van der Waals surface area contributed by atoms with E-state index in [2.05, 4.69) is 10.6 Å². The second-order valence-electron chi connectivity index (χ2n) is 5.40. The van der Waals surface area contributed by atoms with Gasteiger partial charge in [-0.05, 0) is 30.9 Å². The fraction of sp³-hybridized carbons (Fsp3) is 0.533. The molecule has 1 fully saturated rings. The van der Waals surface area contributed by atoms with Gasteiger partial charge in [0, 0.05) is 24.8 Å². The van der Waals surface area contributed by atoms with Crippen LogP contribution < -0.4 is 10.6 Å². The summed E-state index contributed by atoms with van der Waals surface area (Å²) in [5, 5.41) is 17.0. The summed E-state index contributed by atoms with van der Waals surface area (Å²) in [5.74, 6) is 0.348. The standard InChI is InChI=1S/C15H21N3O3/c1-2-8-16-12-5-6-14(18(20)21)13(10-12)15(19)17-9-7-11-3-4-11/h5-6,10-11,16H,2-4,7-9H2,1H3,(H,17,19). The minimum atomic E-state index is -0.514. The summed E-state index contributed by atoms with van der Waals surface area (Å²) in [4.78, 5) is 22.7. The number of benzene rings is 1. The fourth-order valence-corrected chi connectivity index (χ4v) is 2.15.